The fourth-order valence-corrected chi connectivity index (χ4v) is 5.85. The molecule has 0 spiro atoms. The number of non-ortho nitro benzene ring substituents is 1. The van der Waals surface area contributed by atoms with Gasteiger partial charge in [0.1, 0.15) is 5.75 Å². The summed E-state index contributed by atoms with van der Waals surface area (Å²) in [5.41, 5.74) is 1.18. The quantitative estimate of drug-likeness (QED) is 0.333. The molecule has 1 N–H and O–H groups in total. The van der Waals surface area contributed by atoms with Gasteiger partial charge in [-0.2, -0.15) is 0 Å². The van der Waals surface area contributed by atoms with Gasteiger partial charge in [-0.05, 0) is 37.1 Å². The molecule has 0 radical (unpaired) electrons. The molecule has 8 nitrogen and oxygen atoms in total. The number of ether oxygens (including phenoxy) is 1. The van der Waals surface area contributed by atoms with Gasteiger partial charge in [-0.15, -0.1) is 11.3 Å². The molecule has 1 heterocycles. The second-order valence-electron chi connectivity index (χ2n) is 7.83. The van der Waals surface area contributed by atoms with E-state index in [1.807, 2.05) is 12.3 Å². The van der Waals surface area contributed by atoms with E-state index in [4.69, 9.17) is 4.74 Å². The number of nitro groups is 1. The summed E-state index contributed by atoms with van der Waals surface area (Å²) in [6, 6.07) is 10.4. The van der Waals surface area contributed by atoms with Crippen LogP contribution in [-0.4, -0.2) is 26.5 Å². The van der Waals surface area contributed by atoms with Crippen LogP contribution in [0.3, 0.4) is 0 Å². The first-order valence-corrected chi connectivity index (χ1v) is 12.9. The van der Waals surface area contributed by atoms with Crippen LogP contribution >= 0.6 is 11.3 Å². The van der Waals surface area contributed by atoms with Crippen molar-refractivity contribution in [3.8, 4) is 16.2 Å². The molecule has 1 unspecified atom stereocenters. The van der Waals surface area contributed by atoms with E-state index in [0.29, 0.717) is 16.5 Å². The third-order valence-electron chi connectivity index (χ3n) is 5.54. The van der Waals surface area contributed by atoms with Crippen LogP contribution in [0.5, 0.6) is 5.75 Å². The van der Waals surface area contributed by atoms with Gasteiger partial charge in [-0.25, -0.2) is 9.78 Å². The molecule has 4 rings (SSSR count). The summed E-state index contributed by atoms with van der Waals surface area (Å²) in [4.78, 5) is 28.7. The molecule has 33 heavy (non-hydrogen) atoms. The van der Waals surface area contributed by atoms with E-state index in [1.54, 1.807) is 29.7 Å². The van der Waals surface area contributed by atoms with E-state index in [9.17, 15) is 19.1 Å². The number of carbonyl (C=O) groups is 1. The standard InChI is InChI=1S/C23H23N3O5S2/c1-33(30)21-13-16(25-23(27)31-18-10-8-17(9-11-18)26(28)29)7-12-19(21)20-14-24-22(32-20)15-5-3-2-4-6-15/h7-15H,2-6H2,1H3,(H,25,27). The minimum atomic E-state index is -1.28. The maximum absolute atomic E-state index is 12.5. The third kappa shape index (κ3) is 5.63. The van der Waals surface area contributed by atoms with Crippen molar-refractivity contribution in [3.63, 3.8) is 0 Å². The van der Waals surface area contributed by atoms with Crippen LogP contribution < -0.4 is 10.1 Å². The van der Waals surface area contributed by atoms with Crippen molar-refractivity contribution in [2.45, 2.75) is 42.9 Å². The van der Waals surface area contributed by atoms with Crippen molar-refractivity contribution in [1.29, 1.82) is 0 Å². The SMILES string of the molecule is CS(=O)c1cc(NC(=O)Oc2ccc([N+](=O)[O-])cc2)ccc1-c1cnc(C2CCCCC2)s1. The Hall–Kier alpha value is -3.11. The monoisotopic (exact) mass is 485 g/mol. The van der Waals surface area contributed by atoms with Crippen molar-refractivity contribution >= 4 is 39.6 Å². The fraction of sp³-hybridized carbons (Fsp3) is 0.304. The number of rotatable bonds is 6. The summed E-state index contributed by atoms with van der Waals surface area (Å²) in [6.45, 7) is 0. The van der Waals surface area contributed by atoms with Crippen LogP contribution in [0, 0.1) is 10.1 Å². The van der Waals surface area contributed by atoms with Crippen LogP contribution in [0.15, 0.2) is 53.6 Å². The Labute approximate surface area is 197 Å². The molecule has 1 saturated carbocycles. The van der Waals surface area contributed by atoms with Crippen molar-refractivity contribution in [1.82, 2.24) is 4.98 Å². The number of anilines is 1. The van der Waals surface area contributed by atoms with Crippen LogP contribution in [0.4, 0.5) is 16.2 Å². The zero-order valence-corrected chi connectivity index (χ0v) is 19.6. The predicted molar refractivity (Wildman–Crippen MR) is 128 cm³/mol. The highest BCUT2D eigenvalue weighted by Gasteiger charge is 2.20. The summed E-state index contributed by atoms with van der Waals surface area (Å²) < 4.78 is 17.6. The lowest BCUT2D eigenvalue weighted by atomic mass is 9.90. The smallest absolute Gasteiger partial charge is 0.410 e. The van der Waals surface area contributed by atoms with Crippen molar-refractivity contribution in [2.24, 2.45) is 0 Å². The van der Waals surface area contributed by atoms with E-state index < -0.39 is 21.8 Å². The second kappa shape index (κ2) is 10.2. The number of hydrogen-bond donors (Lipinski definition) is 1. The summed E-state index contributed by atoms with van der Waals surface area (Å²) in [6.07, 6.45) is 8.78. The molecule has 0 aliphatic heterocycles. The maximum atomic E-state index is 12.5. The maximum Gasteiger partial charge on any atom is 0.417 e. The molecule has 1 aromatic heterocycles. The first-order chi connectivity index (χ1) is 15.9. The molecular weight excluding hydrogens is 462 g/mol. The lowest BCUT2D eigenvalue weighted by molar-refractivity contribution is -0.384. The lowest BCUT2D eigenvalue weighted by Gasteiger charge is -2.18. The molecule has 172 valence electrons. The zero-order valence-electron chi connectivity index (χ0n) is 18.0. The number of nitrogens with zero attached hydrogens (tertiary/aromatic N) is 2. The molecule has 1 aliphatic rings. The van der Waals surface area contributed by atoms with E-state index in [0.717, 1.165) is 15.4 Å². The van der Waals surface area contributed by atoms with Gasteiger partial charge in [-0.1, -0.05) is 25.3 Å². The third-order valence-corrected chi connectivity index (χ3v) is 7.69. The summed E-state index contributed by atoms with van der Waals surface area (Å²) in [7, 11) is -1.28. The molecular formula is C23H23N3O5S2. The summed E-state index contributed by atoms with van der Waals surface area (Å²) >= 11 is 1.64. The number of amides is 1. The van der Waals surface area contributed by atoms with E-state index in [1.165, 1.54) is 56.4 Å². The number of thiazole rings is 1. The Kier molecular flexibility index (Phi) is 7.14. The number of aromatic nitrogens is 1. The zero-order chi connectivity index (χ0) is 23.4. The minimum Gasteiger partial charge on any atom is -0.410 e. The number of benzene rings is 2. The minimum absolute atomic E-state index is 0.0943. The average molecular weight is 486 g/mol. The Bertz CT molecular complexity index is 1190. The predicted octanol–water partition coefficient (Wildman–Crippen LogP) is 6.11. The van der Waals surface area contributed by atoms with E-state index >= 15 is 0 Å². The number of nitro benzene ring substituents is 1. The Morgan fingerprint density at radius 1 is 1.18 bits per heavy atom. The topological polar surface area (TPSA) is 111 Å². The Balaban J connectivity index is 1.49. The van der Waals surface area contributed by atoms with Gasteiger partial charge in [-0.3, -0.25) is 19.6 Å². The first-order valence-electron chi connectivity index (χ1n) is 10.6. The van der Waals surface area contributed by atoms with Crippen molar-refractivity contribution in [2.75, 3.05) is 11.6 Å². The molecule has 0 saturated heterocycles. The van der Waals surface area contributed by atoms with Crippen molar-refractivity contribution < 1.29 is 18.7 Å². The van der Waals surface area contributed by atoms with E-state index in [2.05, 4.69) is 10.3 Å². The molecule has 0 bridgehead atoms. The van der Waals surface area contributed by atoms with Gasteiger partial charge in [0.15, 0.2) is 0 Å². The molecule has 1 amide bonds. The average Bonchev–Trinajstić information content (AvgIpc) is 3.30. The van der Waals surface area contributed by atoms with Crippen LogP contribution in [0.1, 0.15) is 43.0 Å². The molecule has 1 fully saturated rings. The van der Waals surface area contributed by atoms with Crippen LogP contribution in [-0.2, 0) is 10.8 Å². The van der Waals surface area contributed by atoms with Gasteiger partial charge in [0.05, 0.1) is 25.6 Å². The van der Waals surface area contributed by atoms with Gasteiger partial charge >= 0.3 is 6.09 Å². The van der Waals surface area contributed by atoms with Gasteiger partial charge in [0.25, 0.3) is 5.69 Å². The number of hydrogen-bond acceptors (Lipinski definition) is 7. The lowest BCUT2D eigenvalue weighted by Crippen LogP contribution is -2.16. The summed E-state index contributed by atoms with van der Waals surface area (Å²) in [5.74, 6) is 0.678. The first kappa shape index (κ1) is 23.1. The Morgan fingerprint density at radius 2 is 1.91 bits per heavy atom. The van der Waals surface area contributed by atoms with Crippen LogP contribution in [0.25, 0.3) is 10.4 Å². The highest BCUT2D eigenvalue weighted by Crippen LogP contribution is 2.39. The van der Waals surface area contributed by atoms with E-state index in [-0.39, 0.29) is 11.4 Å². The number of carbonyl (C=O) groups excluding carboxylic acids is 1. The molecule has 1 atom stereocenters. The van der Waals surface area contributed by atoms with Crippen molar-refractivity contribution in [3.05, 3.63) is 63.8 Å². The largest absolute Gasteiger partial charge is 0.417 e. The van der Waals surface area contributed by atoms with Gasteiger partial charge in [0.2, 0.25) is 0 Å². The number of nitrogens with one attached hydrogen (secondary N) is 1. The summed E-state index contributed by atoms with van der Waals surface area (Å²) in [5, 5.41) is 14.5. The molecule has 3 aromatic rings. The van der Waals surface area contributed by atoms with Crippen LogP contribution in [0.2, 0.25) is 0 Å². The molecule has 1 aliphatic carbocycles. The fourth-order valence-electron chi connectivity index (χ4n) is 3.88. The highest BCUT2D eigenvalue weighted by molar-refractivity contribution is 7.84. The second-order valence-corrected chi connectivity index (χ2v) is 10.2. The molecule has 2 aromatic carbocycles. The molecule has 10 heteroatoms. The van der Waals surface area contributed by atoms with Gasteiger partial charge in [0, 0.05) is 46.6 Å². The normalized spacial score (nSPS) is 15.1. The Morgan fingerprint density at radius 3 is 2.58 bits per heavy atom. The van der Waals surface area contributed by atoms with Gasteiger partial charge < -0.3 is 4.74 Å². The highest BCUT2D eigenvalue weighted by atomic mass is 32.2.